The van der Waals surface area contributed by atoms with Gasteiger partial charge in [0.15, 0.2) is 0 Å². The Morgan fingerprint density at radius 3 is 2.63 bits per heavy atom. The Morgan fingerprint density at radius 2 is 2.05 bits per heavy atom. The Balaban J connectivity index is 2.35. The molecule has 1 aliphatic heterocycles. The Bertz CT molecular complexity index is 551. The highest BCUT2D eigenvalue weighted by atomic mass is 32.2. The van der Waals surface area contributed by atoms with Gasteiger partial charge in [0.05, 0.1) is 0 Å². The van der Waals surface area contributed by atoms with Crippen LogP contribution in [0.25, 0.3) is 0 Å². The molecule has 0 aliphatic carbocycles. The molecule has 1 atom stereocenters. The molecular weight excluding hydrogens is 278 g/mol. The van der Waals surface area contributed by atoms with E-state index < -0.39 is 16.6 Å². The van der Waals surface area contributed by atoms with Crippen molar-refractivity contribution in [3.05, 3.63) is 24.3 Å². The van der Waals surface area contributed by atoms with E-state index in [1.807, 2.05) is 0 Å². The lowest BCUT2D eigenvalue weighted by Gasteiger charge is -2.18. The van der Waals surface area contributed by atoms with Gasteiger partial charge in [-0.15, -0.1) is 0 Å². The van der Waals surface area contributed by atoms with E-state index in [1.165, 1.54) is 28.6 Å². The van der Waals surface area contributed by atoms with Crippen LogP contribution < -0.4 is 10.5 Å². The van der Waals surface area contributed by atoms with Gasteiger partial charge >= 0.3 is 6.61 Å². The van der Waals surface area contributed by atoms with Crippen LogP contribution in [0.5, 0.6) is 5.75 Å². The van der Waals surface area contributed by atoms with Crippen LogP contribution in [-0.2, 0) is 10.0 Å². The molecule has 5 nitrogen and oxygen atoms in total. The highest BCUT2D eigenvalue weighted by molar-refractivity contribution is 7.89. The monoisotopic (exact) mass is 292 g/mol. The SMILES string of the molecule is N[C@@H]1CCN(S(=O)(=O)c2ccccc2OC(F)F)C1. The minimum atomic E-state index is -3.85. The van der Waals surface area contributed by atoms with Gasteiger partial charge in [0.2, 0.25) is 10.0 Å². The van der Waals surface area contributed by atoms with Gasteiger partial charge in [-0.3, -0.25) is 0 Å². The lowest BCUT2D eigenvalue weighted by Crippen LogP contribution is -2.32. The summed E-state index contributed by atoms with van der Waals surface area (Å²) in [6.07, 6.45) is 0.553. The fourth-order valence-electron chi connectivity index (χ4n) is 1.97. The second kappa shape index (κ2) is 5.40. The molecule has 0 radical (unpaired) electrons. The van der Waals surface area contributed by atoms with Crippen molar-refractivity contribution in [2.75, 3.05) is 13.1 Å². The number of sulfonamides is 1. The largest absolute Gasteiger partial charge is 0.433 e. The summed E-state index contributed by atoms with van der Waals surface area (Å²) < 4.78 is 54.6. The Labute approximate surface area is 110 Å². The van der Waals surface area contributed by atoms with Crippen LogP contribution in [0.15, 0.2) is 29.2 Å². The first-order chi connectivity index (χ1) is 8.91. The number of rotatable bonds is 4. The van der Waals surface area contributed by atoms with Gasteiger partial charge in [0.1, 0.15) is 10.6 Å². The van der Waals surface area contributed by atoms with Crippen molar-refractivity contribution in [1.29, 1.82) is 0 Å². The van der Waals surface area contributed by atoms with Crippen molar-refractivity contribution >= 4 is 10.0 Å². The first kappa shape index (κ1) is 14.2. The lowest BCUT2D eigenvalue weighted by atomic mass is 10.3. The number of hydrogen-bond donors (Lipinski definition) is 1. The standard InChI is InChI=1S/C11H14F2N2O3S/c12-11(13)18-9-3-1-2-4-10(9)19(16,17)15-6-5-8(14)7-15/h1-4,8,11H,5-7,14H2/t8-/m1/s1. The molecule has 0 unspecified atom stereocenters. The number of ether oxygens (including phenoxy) is 1. The van der Waals surface area contributed by atoms with Crippen molar-refractivity contribution in [3.63, 3.8) is 0 Å². The van der Waals surface area contributed by atoms with E-state index in [-0.39, 0.29) is 29.8 Å². The summed E-state index contributed by atoms with van der Waals surface area (Å²) in [7, 11) is -3.85. The molecule has 0 amide bonds. The van der Waals surface area contributed by atoms with Crippen LogP contribution in [-0.4, -0.2) is 38.5 Å². The molecule has 0 bridgehead atoms. The maximum Gasteiger partial charge on any atom is 0.387 e. The summed E-state index contributed by atoms with van der Waals surface area (Å²) in [5.41, 5.74) is 5.66. The van der Waals surface area contributed by atoms with E-state index in [9.17, 15) is 17.2 Å². The van der Waals surface area contributed by atoms with Crippen molar-refractivity contribution in [2.45, 2.75) is 24.0 Å². The molecule has 2 N–H and O–H groups in total. The summed E-state index contributed by atoms with van der Waals surface area (Å²) in [4.78, 5) is -0.260. The molecule has 2 rings (SSSR count). The van der Waals surface area contributed by atoms with Gasteiger partial charge in [0.25, 0.3) is 0 Å². The summed E-state index contributed by atoms with van der Waals surface area (Å²) in [6.45, 7) is -2.60. The fourth-order valence-corrected chi connectivity index (χ4v) is 3.60. The van der Waals surface area contributed by atoms with Crippen LogP contribution in [0.4, 0.5) is 8.78 Å². The maximum atomic E-state index is 12.3. The number of para-hydroxylation sites is 1. The summed E-state index contributed by atoms with van der Waals surface area (Å²) in [5, 5.41) is 0. The highest BCUT2D eigenvalue weighted by Gasteiger charge is 2.33. The zero-order valence-electron chi connectivity index (χ0n) is 10.00. The van der Waals surface area contributed by atoms with Crippen LogP contribution in [0.3, 0.4) is 0 Å². The Morgan fingerprint density at radius 1 is 1.37 bits per heavy atom. The van der Waals surface area contributed by atoms with Crippen LogP contribution >= 0.6 is 0 Å². The number of alkyl halides is 2. The third-order valence-corrected chi connectivity index (χ3v) is 4.78. The number of nitrogens with two attached hydrogens (primary N) is 1. The fraction of sp³-hybridized carbons (Fsp3) is 0.455. The molecule has 1 fully saturated rings. The number of nitrogens with zero attached hydrogens (tertiary/aromatic N) is 1. The molecule has 0 spiro atoms. The first-order valence-electron chi connectivity index (χ1n) is 5.71. The molecule has 8 heteroatoms. The third-order valence-electron chi connectivity index (χ3n) is 2.87. The average Bonchev–Trinajstić information content (AvgIpc) is 2.76. The molecule has 1 saturated heterocycles. The zero-order valence-corrected chi connectivity index (χ0v) is 10.8. The Kier molecular flexibility index (Phi) is 4.02. The van der Waals surface area contributed by atoms with E-state index in [1.54, 1.807) is 0 Å². The molecule has 1 aromatic rings. The predicted octanol–water partition coefficient (Wildman–Crippen LogP) is 1.01. The number of halogens is 2. The van der Waals surface area contributed by atoms with E-state index >= 15 is 0 Å². The number of benzene rings is 1. The van der Waals surface area contributed by atoms with Gasteiger partial charge in [-0.2, -0.15) is 13.1 Å². The normalized spacial score (nSPS) is 20.9. The minimum absolute atomic E-state index is 0.186. The molecule has 1 aliphatic rings. The predicted molar refractivity (Wildman–Crippen MR) is 64.4 cm³/mol. The topological polar surface area (TPSA) is 72.6 Å². The van der Waals surface area contributed by atoms with Crippen molar-refractivity contribution in [3.8, 4) is 5.75 Å². The summed E-state index contributed by atoms with van der Waals surface area (Å²) in [6, 6.07) is 5.12. The second-order valence-corrected chi connectivity index (χ2v) is 6.14. The number of hydrogen-bond acceptors (Lipinski definition) is 4. The first-order valence-corrected chi connectivity index (χ1v) is 7.15. The molecule has 1 heterocycles. The van der Waals surface area contributed by atoms with Crippen LogP contribution in [0.2, 0.25) is 0 Å². The molecule has 19 heavy (non-hydrogen) atoms. The molecular formula is C11H14F2N2O3S. The van der Waals surface area contributed by atoms with Gasteiger partial charge in [-0.1, -0.05) is 12.1 Å². The van der Waals surface area contributed by atoms with E-state index in [4.69, 9.17) is 5.73 Å². The zero-order chi connectivity index (χ0) is 14.0. The van der Waals surface area contributed by atoms with E-state index in [0.717, 1.165) is 0 Å². The van der Waals surface area contributed by atoms with Gasteiger partial charge in [-0.25, -0.2) is 8.42 Å². The molecule has 0 aromatic heterocycles. The van der Waals surface area contributed by atoms with Crippen molar-refractivity contribution < 1.29 is 21.9 Å². The van der Waals surface area contributed by atoms with Crippen LogP contribution in [0, 0.1) is 0 Å². The molecule has 1 aromatic carbocycles. The lowest BCUT2D eigenvalue weighted by molar-refractivity contribution is -0.0517. The van der Waals surface area contributed by atoms with E-state index in [2.05, 4.69) is 4.74 Å². The highest BCUT2D eigenvalue weighted by Crippen LogP contribution is 2.29. The van der Waals surface area contributed by atoms with Crippen molar-refractivity contribution in [2.24, 2.45) is 5.73 Å². The quantitative estimate of drug-likeness (QED) is 0.899. The average molecular weight is 292 g/mol. The summed E-state index contributed by atoms with van der Waals surface area (Å²) >= 11 is 0. The maximum absolute atomic E-state index is 12.3. The van der Waals surface area contributed by atoms with Gasteiger partial charge in [0, 0.05) is 19.1 Å². The summed E-state index contributed by atoms with van der Waals surface area (Å²) in [5.74, 6) is -0.349. The van der Waals surface area contributed by atoms with Crippen molar-refractivity contribution in [1.82, 2.24) is 4.31 Å². The second-order valence-electron chi connectivity index (χ2n) is 4.24. The van der Waals surface area contributed by atoms with Gasteiger partial charge in [-0.05, 0) is 18.6 Å². The molecule has 0 saturated carbocycles. The third kappa shape index (κ3) is 3.02. The minimum Gasteiger partial charge on any atom is -0.433 e. The van der Waals surface area contributed by atoms with Gasteiger partial charge < -0.3 is 10.5 Å². The Hall–Kier alpha value is -1.25. The smallest absolute Gasteiger partial charge is 0.387 e. The van der Waals surface area contributed by atoms with Crippen LogP contribution in [0.1, 0.15) is 6.42 Å². The molecule has 106 valence electrons. The van der Waals surface area contributed by atoms with E-state index in [0.29, 0.717) is 6.42 Å².